The Morgan fingerprint density at radius 2 is 1.18 bits per heavy atom. The maximum Gasteiger partial charge on any atom is 0.0283 e. The number of hydrogen-bond donors (Lipinski definition) is 0. The van der Waals surface area contributed by atoms with E-state index in [-0.39, 0.29) is 21.7 Å². The molecule has 0 aliphatic rings. The normalized spacial score (nSPS) is 15.6. The maximum absolute atomic E-state index is 3.59. The van der Waals surface area contributed by atoms with Crippen molar-refractivity contribution in [2.45, 2.75) is 107 Å². The Hall–Kier alpha value is -0.300. The summed E-state index contributed by atoms with van der Waals surface area (Å²) in [5.74, 6) is 0.530. The second-order valence-corrected chi connectivity index (χ2v) is 13.7. The third kappa shape index (κ3) is 6.10. The van der Waals surface area contributed by atoms with Gasteiger partial charge in [0, 0.05) is 5.33 Å². The Labute approximate surface area is 185 Å². The second-order valence-electron chi connectivity index (χ2n) is 13.1. The van der Waals surface area contributed by atoms with E-state index in [1.165, 1.54) is 24.0 Å². The van der Waals surface area contributed by atoms with E-state index in [9.17, 15) is 0 Å². The van der Waals surface area contributed by atoms with Gasteiger partial charge < -0.3 is 0 Å². The van der Waals surface area contributed by atoms with Crippen molar-refractivity contribution >= 4 is 15.9 Å². The average Bonchev–Trinajstić information content (AvgIpc) is 2.49. The number of alkyl halides is 1. The van der Waals surface area contributed by atoms with Crippen molar-refractivity contribution in [3.05, 3.63) is 35.4 Å². The van der Waals surface area contributed by atoms with Crippen LogP contribution in [0.15, 0.2) is 24.3 Å². The van der Waals surface area contributed by atoms with Gasteiger partial charge in [0.05, 0.1) is 0 Å². The molecule has 1 heteroatoms. The van der Waals surface area contributed by atoms with Crippen LogP contribution >= 0.6 is 15.9 Å². The van der Waals surface area contributed by atoms with E-state index in [1.54, 1.807) is 0 Å². The molecule has 0 aromatic heterocycles. The van der Waals surface area contributed by atoms with Gasteiger partial charge in [0.15, 0.2) is 0 Å². The molecule has 0 bridgehead atoms. The minimum absolute atomic E-state index is 0.179. The van der Waals surface area contributed by atoms with Crippen LogP contribution in [-0.4, -0.2) is 0 Å². The number of rotatable bonds is 7. The molecule has 1 aromatic rings. The molecule has 0 aliphatic carbocycles. The Morgan fingerprint density at radius 3 is 1.54 bits per heavy atom. The molecule has 28 heavy (non-hydrogen) atoms. The summed E-state index contributed by atoms with van der Waals surface area (Å²) in [7, 11) is 0. The second kappa shape index (κ2) is 8.44. The molecule has 162 valence electrons. The van der Waals surface area contributed by atoms with Crippen molar-refractivity contribution < 1.29 is 0 Å². The summed E-state index contributed by atoms with van der Waals surface area (Å²) < 4.78 is 0. The fourth-order valence-electron chi connectivity index (χ4n) is 4.31. The highest BCUT2D eigenvalue weighted by Gasteiger charge is 2.48. The van der Waals surface area contributed by atoms with E-state index in [4.69, 9.17) is 0 Å². The Bertz CT molecular complexity index is 618. The van der Waals surface area contributed by atoms with Gasteiger partial charge in [-0.15, -0.1) is 0 Å². The number of hydrogen-bond acceptors (Lipinski definition) is 0. The fourth-order valence-corrected chi connectivity index (χ4v) is 4.68. The van der Waals surface area contributed by atoms with Crippen molar-refractivity contribution in [2.75, 3.05) is 0 Å². The molecule has 0 fully saturated rings. The molecular formula is C27H47Br. The molecule has 0 heterocycles. The standard InChI is InChI=1S/C27H47Br/c1-23(2,3)17-22(21-15-13-20(18-28)14-16-21)27(11,12)26(9,10)19-25(7,8)24(4,5)6/h13-16,22H,17-19H2,1-12H3. The summed E-state index contributed by atoms with van der Waals surface area (Å²) in [6.45, 7) is 29.3. The Balaban J connectivity index is 3.39. The first-order chi connectivity index (χ1) is 12.3. The number of benzene rings is 1. The first kappa shape index (κ1) is 25.7. The van der Waals surface area contributed by atoms with Crippen molar-refractivity contribution in [1.29, 1.82) is 0 Å². The van der Waals surface area contributed by atoms with Crippen molar-refractivity contribution in [3.63, 3.8) is 0 Å². The van der Waals surface area contributed by atoms with Gasteiger partial charge in [-0.1, -0.05) is 123 Å². The Morgan fingerprint density at radius 1 is 0.714 bits per heavy atom. The Kier molecular flexibility index (Phi) is 7.76. The van der Waals surface area contributed by atoms with E-state index in [1.807, 2.05) is 0 Å². The zero-order valence-electron chi connectivity index (χ0n) is 20.9. The molecule has 0 amide bonds. The fraction of sp³-hybridized carbons (Fsp3) is 0.778. The molecule has 0 N–H and O–H groups in total. The van der Waals surface area contributed by atoms with Crippen LogP contribution in [0.3, 0.4) is 0 Å². The van der Waals surface area contributed by atoms with E-state index in [0.717, 1.165) is 5.33 Å². The topological polar surface area (TPSA) is 0 Å². The zero-order chi connectivity index (χ0) is 22.2. The average molecular weight is 452 g/mol. The lowest BCUT2D eigenvalue weighted by Crippen LogP contribution is -2.44. The zero-order valence-corrected chi connectivity index (χ0v) is 22.5. The van der Waals surface area contributed by atoms with Crippen LogP contribution in [0.2, 0.25) is 0 Å². The van der Waals surface area contributed by atoms with E-state index >= 15 is 0 Å². The summed E-state index contributed by atoms with van der Waals surface area (Å²) in [5, 5.41) is 0.922. The van der Waals surface area contributed by atoms with E-state index in [2.05, 4.69) is 123 Å². The van der Waals surface area contributed by atoms with Crippen molar-refractivity contribution in [2.24, 2.45) is 27.1 Å². The molecular weight excluding hydrogens is 404 g/mol. The first-order valence-electron chi connectivity index (χ1n) is 11.0. The molecule has 1 aromatic carbocycles. The minimum Gasteiger partial charge on any atom is -0.0876 e. The van der Waals surface area contributed by atoms with Crippen LogP contribution < -0.4 is 0 Å². The van der Waals surface area contributed by atoms with Crippen LogP contribution in [0.1, 0.15) is 113 Å². The van der Waals surface area contributed by atoms with Crippen LogP contribution in [0, 0.1) is 27.1 Å². The smallest absolute Gasteiger partial charge is 0.0283 e. The van der Waals surface area contributed by atoms with Gasteiger partial charge in [-0.25, -0.2) is 0 Å². The van der Waals surface area contributed by atoms with Gasteiger partial charge in [0.1, 0.15) is 0 Å². The molecule has 0 aliphatic heterocycles. The molecule has 0 nitrogen and oxygen atoms in total. The number of halogens is 1. The van der Waals surface area contributed by atoms with Gasteiger partial charge in [-0.05, 0) is 57.0 Å². The minimum atomic E-state index is 0.179. The maximum atomic E-state index is 3.59. The van der Waals surface area contributed by atoms with Crippen molar-refractivity contribution in [3.8, 4) is 0 Å². The molecule has 0 radical (unpaired) electrons. The van der Waals surface area contributed by atoms with Crippen LogP contribution in [-0.2, 0) is 5.33 Å². The summed E-state index contributed by atoms with van der Waals surface area (Å²) >= 11 is 3.59. The molecule has 0 spiro atoms. The highest BCUT2D eigenvalue weighted by molar-refractivity contribution is 9.08. The highest BCUT2D eigenvalue weighted by atomic mass is 79.9. The molecule has 0 saturated heterocycles. The quantitative estimate of drug-likeness (QED) is 0.362. The summed E-state index contributed by atoms with van der Waals surface area (Å²) in [6, 6.07) is 9.34. The summed E-state index contributed by atoms with van der Waals surface area (Å²) in [4.78, 5) is 0. The van der Waals surface area contributed by atoms with E-state index < -0.39 is 0 Å². The van der Waals surface area contributed by atoms with E-state index in [0.29, 0.717) is 11.3 Å². The summed E-state index contributed by atoms with van der Waals surface area (Å²) in [5.41, 5.74) is 4.10. The summed E-state index contributed by atoms with van der Waals surface area (Å²) in [6.07, 6.45) is 2.42. The van der Waals surface area contributed by atoms with Gasteiger partial charge in [0.25, 0.3) is 0 Å². The molecule has 1 unspecified atom stereocenters. The van der Waals surface area contributed by atoms with Crippen LogP contribution in [0.25, 0.3) is 0 Å². The highest BCUT2D eigenvalue weighted by Crippen LogP contribution is 2.58. The molecule has 1 rings (SSSR count). The lowest BCUT2D eigenvalue weighted by Gasteiger charge is -2.54. The lowest BCUT2D eigenvalue weighted by atomic mass is 9.51. The van der Waals surface area contributed by atoms with Crippen LogP contribution in [0.5, 0.6) is 0 Å². The largest absolute Gasteiger partial charge is 0.0876 e. The first-order valence-corrected chi connectivity index (χ1v) is 12.1. The lowest BCUT2D eigenvalue weighted by molar-refractivity contribution is -0.0186. The third-order valence-corrected chi connectivity index (χ3v) is 8.53. The molecule has 0 saturated carbocycles. The monoisotopic (exact) mass is 450 g/mol. The van der Waals surface area contributed by atoms with Gasteiger partial charge in [-0.3, -0.25) is 0 Å². The SMILES string of the molecule is CC(C)(C)CC(c1ccc(CBr)cc1)C(C)(C)C(C)(C)CC(C)(C)C(C)(C)C. The van der Waals surface area contributed by atoms with Gasteiger partial charge >= 0.3 is 0 Å². The van der Waals surface area contributed by atoms with Gasteiger partial charge in [0.2, 0.25) is 0 Å². The predicted molar refractivity (Wildman–Crippen MR) is 131 cm³/mol. The van der Waals surface area contributed by atoms with Crippen molar-refractivity contribution in [1.82, 2.24) is 0 Å². The predicted octanol–water partition coefficient (Wildman–Crippen LogP) is 9.62. The third-order valence-electron chi connectivity index (χ3n) is 7.88. The molecule has 1 atom stereocenters. The van der Waals surface area contributed by atoms with Gasteiger partial charge in [-0.2, -0.15) is 0 Å². The van der Waals surface area contributed by atoms with Crippen LogP contribution in [0.4, 0.5) is 0 Å².